The molecule has 0 bridgehead atoms. The maximum absolute atomic E-state index is 12.6. The topological polar surface area (TPSA) is 15.3 Å². The Labute approximate surface area is 124 Å². The highest BCUT2D eigenvalue weighted by molar-refractivity contribution is 5.49. The molecule has 1 fully saturated rings. The maximum atomic E-state index is 12.6. The molecule has 0 saturated carbocycles. The Balaban J connectivity index is 2.10. The van der Waals surface area contributed by atoms with E-state index in [4.69, 9.17) is 0 Å². The molecular formula is C16H23F3N2. The lowest BCUT2D eigenvalue weighted by Gasteiger charge is -2.38. The summed E-state index contributed by atoms with van der Waals surface area (Å²) >= 11 is 0. The van der Waals surface area contributed by atoms with Gasteiger partial charge in [-0.2, -0.15) is 13.2 Å². The molecule has 0 aromatic heterocycles. The molecule has 2 rings (SSSR count). The molecule has 0 radical (unpaired) electrons. The minimum atomic E-state index is -4.26. The van der Waals surface area contributed by atoms with Crippen molar-refractivity contribution < 1.29 is 13.2 Å². The Morgan fingerprint density at radius 2 is 1.86 bits per heavy atom. The summed E-state index contributed by atoms with van der Waals surface area (Å²) < 4.78 is 37.9. The third-order valence-electron chi connectivity index (χ3n) is 3.92. The average Bonchev–Trinajstić information content (AvgIpc) is 2.44. The second-order valence-corrected chi connectivity index (χ2v) is 5.95. The molecule has 1 aromatic rings. The summed E-state index contributed by atoms with van der Waals surface area (Å²) in [4.78, 5) is 2.24. The first-order chi connectivity index (χ1) is 9.88. The van der Waals surface area contributed by atoms with Gasteiger partial charge in [0.05, 0.1) is 5.56 Å². The summed E-state index contributed by atoms with van der Waals surface area (Å²) in [5.74, 6) is 0. The van der Waals surface area contributed by atoms with Gasteiger partial charge in [-0.05, 0) is 43.5 Å². The third-order valence-corrected chi connectivity index (χ3v) is 3.92. The van der Waals surface area contributed by atoms with Crippen molar-refractivity contribution in [2.24, 2.45) is 0 Å². The van der Waals surface area contributed by atoms with E-state index in [-0.39, 0.29) is 0 Å². The van der Waals surface area contributed by atoms with E-state index in [2.05, 4.69) is 24.1 Å². The van der Waals surface area contributed by atoms with E-state index < -0.39 is 11.7 Å². The van der Waals surface area contributed by atoms with Gasteiger partial charge in [-0.1, -0.05) is 13.8 Å². The van der Waals surface area contributed by atoms with Gasteiger partial charge in [0.25, 0.3) is 0 Å². The van der Waals surface area contributed by atoms with Crippen molar-refractivity contribution >= 4 is 5.69 Å². The standard InChI is InChI=1S/C16H23F3N2/c1-12(2)20-11-15-5-3-4-10-21(15)14-8-6-13(7-9-14)16(17,18)19/h6-9,12,15,20H,3-5,10-11H2,1-2H3. The maximum Gasteiger partial charge on any atom is 0.416 e. The molecule has 1 atom stereocenters. The van der Waals surface area contributed by atoms with Crippen LogP contribution >= 0.6 is 0 Å². The molecule has 1 N–H and O–H groups in total. The predicted molar refractivity (Wildman–Crippen MR) is 79.6 cm³/mol. The van der Waals surface area contributed by atoms with Gasteiger partial charge in [-0.3, -0.25) is 0 Å². The van der Waals surface area contributed by atoms with Crippen LogP contribution in [-0.4, -0.2) is 25.2 Å². The largest absolute Gasteiger partial charge is 0.416 e. The molecule has 1 unspecified atom stereocenters. The number of alkyl halides is 3. The average molecular weight is 300 g/mol. The Morgan fingerprint density at radius 1 is 1.19 bits per heavy atom. The van der Waals surface area contributed by atoms with Gasteiger partial charge >= 0.3 is 6.18 Å². The minimum absolute atomic E-state index is 0.359. The van der Waals surface area contributed by atoms with Crippen LogP contribution in [0.5, 0.6) is 0 Å². The zero-order chi connectivity index (χ0) is 15.5. The Bertz CT molecular complexity index is 440. The lowest BCUT2D eigenvalue weighted by Crippen LogP contribution is -2.46. The van der Waals surface area contributed by atoms with Crippen molar-refractivity contribution in [3.63, 3.8) is 0 Å². The van der Waals surface area contributed by atoms with Crippen molar-refractivity contribution in [3.05, 3.63) is 29.8 Å². The zero-order valence-corrected chi connectivity index (χ0v) is 12.6. The number of hydrogen-bond acceptors (Lipinski definition) is 2. The van der Waals surface area contributed by atoms with Crippen molar-refractivity contribution in [1.82, 2.24) is 5.32 Å². The molecule has 0 amide bonds. The molecule has 1 aliphatic rings. The monoisotopic (exact) mass is 300 g/mol. The van der Waals surface area contributed by atoms with Crippen LogP contribution in [0, 0.1) is 0 Å². The predicted octanol–water partition coefficient (Wildman–Crippen LogP) is 4.06. The number of anilines is 1. The van der Waals surface area contributed by atoms with Gasteiger partial charge in [0, 0.05) is 30.9 Å². The summed E-state index contributed by atoms with van der Waals surface area (Å²) in [7, 11) is 0. The van der Waals surface area contributed by atoms with Gasteiger partial charge < -0.3 is 10.2 Å². The molecule has 21 heavy (non-hydrogen) atoms. The summed E-state index contributed by atoms with van der Waals surface area (Å²) in [5.41, 5.74) is 0.304. The van der Waals surface area contributed by atoms with Crippen LogP contribution in [0.25, 0.3) is 0 Å². The van der Waals surface area contributed by atoms with Crippen molar-refractivity contribution in [3.8, 4) is 0 Å². The lowest BCUT2D eigenvalue weighted by atomic mass is 10.0. The van der Waals surface area contributed by atoms with E-state index >= 15 is 0 Å². The molecule has 1 aromatic carbocycles. The fourth-order valence-electron chi connectivity index (χ4n) is 2.77. The molecule has 118 valence electrons. The molecule has 5 heteroatoms. The first-order valence-electron chi connectivity index (χ1n) is 7.55. The third kappa shape index (κ3) is 4.37. The van der Waals surface area contributed by atoms with E-state index in [0.717, 1.165) is 31.6 Å². The summed E-state index contributed by atoms with van der Waals surface area (Å²) in [6.07, 6.45) is -0.902. The van der Waals surface area contributed by atoms with Gasteiger partial charge in [0.2, 0.25) is 0 Å². The van der Waals surface area contributed by atoms with Crippen molar-refractivity contribution in [2.45, 2.75) is 51.4 Å². The number of benzene rings is 1. The number of rotatable bonds is 4. The summed E-state index contributed by atoms with van der Waals surface area (Å²) in [6, 6.07) is 6.32. The molecular weight excluding hydrogens is 277 g/mol. The van der Waals surface area contributed by atoms with Crippen LogP contribution in [0.1, 0.15) is 38.7 Å². The molecule has 0 aliphatic carbocycles. The van der Waals surface area contributed by atoms with E-state index in [1.165, 1.54) is 18.6 Å². The first kappa shape index (κ1) is 16.1. The Kier molecular flexibility index (Phi) is 5.14. The van der Waals surface area contributed by atoms with E-state index in [0.29, 0.717) is 12.1 Å². The van der Waals surface area contributed by atoms with E-state index in [9.17, 15) is 13.2 Å². The minimum Gasteiger partial charge on any atom is -0.367 e. The van der Waals surface area contributed by atoms with Gasteiger partial charge in [-0.15, -0.1) is 0 Å². The van der Waals surface area contributed by atoms with Gasteiger partial charge in [-0.25, -0.2) is 0 Å². The number of nitrogens with zero attached hydrogens (tertiary/aromatic N) is 1. The van der Waals surface area contributed by atoms with Crippen molar-refractivity contribution in [1.29, 1.82) is 0 Å². The molecule has 1 aliphatic heterocycles. The highest BCUT2D eigenvalue weighted by Crippen LogP contribution is 2.32. The molecule has 1 saturated heterocycles. The second-order valence-electron chi connectivity index (χ2n) is 5.95. The number of halogens is 3. The number of piperidine rings is 1. The van der Waals surface area contributed by atoms with Gasteiger partial charge in [0.1, 0.15) is 0 Å². The van der Waals surface area contributed by atoms with Crippen LogP contribution in [0.4, 0.5) is 18.9 Å². The van der Waals surface area contributed by atoms with Crippen LogP contribution in [0.2, 0.25) is 0 Å². The van der Waals surface area contributed by atoms with Crippen LogP contribution in [-0.2, 0) is 6.18 Å². The zero-order valence-electron chi connectivity index (χ0n) is 12.6. The fourth-order valence-corrected chi connectivity index (χ4v) is 2.77. The Hall–Kier alpha value is -1.23. The summed E-state index contributed by atoms with van der Waals surface area (Å²) in [5, 5.41) is 3.43. The molecule has 0 spiro atoms. The quantitative estimate of drug-likeness (QED) is 0.902. The smallest absolute Gasteiger partial charge is 0.367 e. The number of nitrogens with one attached hydrogen (secondary N) is 1. The van der Waals surface area contributed by atoms with Crippen LogP contribution < -0.4 is 10.2 Å². The van der Waals surface area contributed by atoms with Crippen LogP contribution in [0.15, 0.2) is 24.3 Å². The lowest BCUT2D eigenvalue weighted by molar-refractivity contribution is -0.137. The highest BCUT2D eigenvalue weighted by atomic mass is 19.4. The van der Waals surface area contributed by atoms with Crippen LogP contribution in [0.3, 0.4) is 0 Å². The van der Waals surface area contributed by atoms with Gasteiger partial charge in [0.15, 0.2) is 0 Å². The second kappa shape index (κ2) is 6.69. The SMILES string of the molecule is CC(C)NCC1CCCCN1c1ccc(C(F)(F)F)cc1. The normalized spacial score (nSPS) is 20.1. The summed E-state index contributed by atoms with van der Waals surface area (Å²) in [6.45, 7) is 5.99. The van der Waals surface area contributed by atoms with Crippen molar-refractivity contribution in [2.75, 3.05) is 18.0 Å². The molecule has 2 nitrogen and oxygen atoms in total. The van der Waals surface area contributed by atoms with E-state index in [1.807, 2.05) is 0 Å². The Morgan fingerprint density at radius 3 is 2.43 bits per heavy atom. The fraction of sp³-hybridized carbons (Fsp3) is 0.625. The first-order valence-corrected chi connectivity index (χ1v) is 7.55. The van der Waals surface area contributed by atoms with E-state index in [1.54, 1.807) is 12.1 Å². The number of hydrogen-bond donors (Lipinski definition) is 1. The highest BCUT2D eigenvalue weighted by Gasteiger charge is 2.30. The molecule has 1 heterocycles.